The van der Waals surface area contributed by atoms with Crippen molar-refractivity contribution in [2.45, 2.75) is 18.3 Å². The van der Waals surface area contributed by atoms with Crippen molar-refractivity contribution in [2.24, 2.45) is 0 Å². The van der Waals surface area contributed by atoms with Crippen LogP contribution in [0.25, 0.3) is 0 Å². The summed E-state index contributed by atoms with van der Waals surface area (Å²) in [7, 11) is 0. The molecule has 0 heterocycles. The summed E-state index contributed by atoms with van der Waals surface area (Å²) >= 11 is 0. The molecule has 2 unspecified atom stereocenters. The molecule has 0 fully saturated rings. The summed E-state index contributed by atoms with van der Waals surface area (Å²) in [6.07, 6.45) is -4.41. The van der Waals surface area contributed by atoms with Crippen LogP contribution in [0.3, 0.4) is 0 Å². The van der Waals surface area contributed by atoms with Crippen molar-refractivity contribution < 1.29 is 44.6 Å². The van der Waals surface area contributed by atoms with Gasteiger partial charge in [-0.15, -0.1) is 0 Å². The second kappa shape index (κ2) is 9.70. The molecule has 150 valence electrons. The Hall–Kier alpha value is -3.14. The summed E-state index contributed by atoms with van der Waals surface area (Å²) in [6.45, 7) is -0.671. The number of benzene rings is 2. The van der Waals surface area contributed by atoms with Crippen molar-refractivity contribution in [2.75, 3.05) is 13.2 Å². The average molecular weight is 392 g/mol. The molecule has 28 heavy (non-hydrogen) atoms. The number of aliphatic hydroxyl groups is 3. The minimum atomic E-state index is -1.56. The number of carboxylic acid groups (broad SMARTS) is 2. The normalized spacial score (nSPS) is 14.0. The van der Waals surface area contributed by atoms with E-state index < -0.39 is 30.3 Å². The lowest BCUT2D eigenvalue weighted by molar-refractivity contribution is -0.0840. The van der Waals surface area contributed by atoms with E-state index >= 15 is 0 Å². The zero-order valence-corrected chi connectivity index (χ0v) is 14.6. The first-order chi connectivity index (χ1) is 13.3. The first-order valence-corrected chi connectivity index (χ1v) is 8.24. The molecule has 0 saturated carbocycles. The highest BCUT2D eigenvalue weighted by Crippen LogP contribution is 2.15. The quantitative estimate of drug-likeness (QED) is 0.391. The molecule has 0 aliphatic rings. The van der Waals surface area contributed by atoms with E-state index in [1.54, 1.807) is 0 Å². The molecule has 0 bridgehead atoms. The van der Waals surface area contributed by atoms with Crippen LogP contribution in [0.4, 0.5) is 0 Å². The molecule has 0 saturated heterocycles. The lowest BCUT2D eigenvalue weighted by Gasteiger charge is -2.23. The highest BCUT2D eigenvalue weighted by Gasteiger charge is 2.26. The number of rotatable bonds is 10. The van der Waals surface area contributed by atoms with E-state index in [0.29, 0.717) is 11.5 Å². The molecular weight excluding hydrogens is 372 g/mol. The summed E-state index contributed by atoms with van der Waals surface area (Å²) in [5, 5.41) is 47.5. The summed E-state index contributed by atoms with van der Waals surface area (Å²) in [5.74, 6) is -1.58. The van der Waals surface area contributed by atoms with Gasteiger partial charge in [0.15, 0.2) is 0 Å². The molecule has 0 aromatic heterocycles. The first kappa shape index (κ1) is 21.2. The van der Waals surface area contributed by atoms with E-state index in [9.17, 15) is 24.9 Å². The van der Waals surface area contributed by atoms with Gasteiger partial charge in [0.05, 0.1) is 11.1 Å². The van der Waals surface area contributed by atoms with Gasteiger partial charge in [-0.05, 0) is 48.5 Å². The molecule has 9 nitrogen and oxygen atoms in total. The van der Waals surface area contributed by atoms with Crippen molar-refractivity contribution in [1.82, 2.24) is 0 Å². The number of carboxylic acids is 2. The fourth-order valence-electron chi connectivity index (χ4n) is 2.20. The van der Waals surface area contributed by atoms with Crippen LogP contribution in [0, 0.1) is 0 Å². The van der Waals surface area contributed by atoms with Gasteiger partial charge < -0.3 is 35.0 Å². The smallest absolute Gasteiger partial charge is 0.335 e. The molecule has 2 aromatic carbocycles. The van der Waals surface area contributed by atoms with Crippen LogP contribution in [-0.4, -0.2) is 69.0 Å². The Morgan fingerprint density at radius 3 is 1.29 bits per heavy atom. The second-order valence-electron chi connectivity index (χ2n) is 5.91. The van der Waals surface area contributed by atoms with Crippen LogP contribution in [-0.2, 0) is 0 Å². The van der Waals surface area contributed by atoms with Crippen molar-refractivity contribution >= 4 is 11.9 Å². The fourth-order valence-corrected chi connectivity index (χ4v) is 2.20. The van der Waals surface area contributed by atoms with Gasteiger partial charge in [-0.1, -0.05) is 0 Å². The molecule has 9 heteroatoms. The maximum Gasteiger partial charge on any atom is 0.335 e. The van der Waals surface area contributed by atoms with Crippen LogP contribution < -0.4 is 9.47 Å². The number of aromatic carboxylic acids is 2. The van der Waals surface area contributed by atoms with Crippen LogP contribution >= 0.6 is 0 Å². The van der Waals surface area contributed by atoms with Crippen LogP contribution in [0.15, 0.2) is 48.5 Å². The number of ether oxygens (including phenoxy) is 2. The third kappa shape index (κ3) is 5.95. The highest BCUT2D eigenvalue weighted by molar-refractivity contribution is 5.88. The van der Waals surface area contributed by atoms with Gasteiger partial charge in [-0.25, -0.2) is 9.59 Å². The number of hydrogen-bond acceptors (Lipinski definition) is 7. The third-order valence-electron chi connectivity index (χ3n) is 3.83. The van der Waals surface area contributed by atoms with Crippen molar-refractivity contribution in [3.63, 3.8) is 0 Å². The fraction of sp³-hybridized carbons (Fsp3) is 0.263. The molecule has 0 radical (unpaired) electrons. The Kier molecular flexibility index (Phi) is 7.33. The highest BCUT2D eigenvalue weighted by atomic mass is 16.5. The van der Waals surface area contributed by atoms with Crippen molar-refractivity contribution in [1.29, 1.82) is 0 Å². The van der Waals surface area contributed by atoms with Crippen molar-refractivity contribution in [3.8, 4) is 11.5 Å². The predicted octanol–water partition coefficient (Wildman–Crippen LogP) is 0.623. The van der Waals surface area contributed by atoms with E-state index in [2.05, 4.69) is 0 Å². The van der Waals surface area contributed by atoms with E-state index in [1.165, 1.54) is 48.5 Å². The molecule has 5 N–H and O–H groups in total. The molecule has 0 spiro atoms. The second-order valence-corrected chi connectivity index (χ2v) is 5.91. The van der Waals surface area contributed by atoms with E-state index in [0.717, 1.165) is 0 Å². The van der Waals surface area contributed by atoms with E-state index in [-0.39, 0.29) is 24.3 Å². The van der Waals surface area contributed by atoms with Gasteiger partial charge >= 0.3 is 11.9 Å². The van der Waals surface area contributed by atoms with Gasteiger partial charge in [0.1, 0.15) is 43.0 Å². The minimum Gasteiger partial charge on any atom is -0.491 e. The average Bonchev–Trinajstić information content (AvgIpc) is 2.70. The lowest BCUT2D eigenvalue weighted by Crippen LogP contribution is -2.43. The Morgan fingerprint density at radius 1 is 0.679 bits per heavy atom. The minimum absolute atomic E-state index is 0.0805. The topological polar surface area (TPSA) is 154 Å². The summed E-state index contributed by atoms with van der Waals surface area (Å²) in [6, 6.07) is 11.0. The van der Waals surface area contributed by atoms with Crippen LogP contribution in [0.2, 0.25) is 0 Å². The number of carbonyl (C=O) groups is 2. The van der Waals surface area contributed by atoms with E-state index in [1.807, 2.05) is 0 Å². The van der Waals surface area contributed by atoms with Gasteiger partial charge in [0.25, 0.3) is 0 Å². The van der Waals surface area contributed by atoms with Gasteiger partial charge in [-0.2, -0.15) is 0 Å². The molecule has 0 aliphatic heterocycles. The summed E-state index contributed by atoms with van der Waals surface area (Å²) in [4.78, 5) is 21.5. The number of hydrogen-bond donors (Lipinski definition) is 5. The number of aliphatic hydroxyl groups excluding tert-OH is 3. The molecular formula is C19H20O9. The van der Waals surface area contributed by atoms with Crippen molar-refractivity contribution in [3.05, 3.63) is 59.7 Å². The largest absolute Gasteiger partial charge is 0.491 e. The molecule has 0 aliphatic carbocycles. The molecule has 2 rings (SSSR count). The van der Waals surface area contributed by atoms with Gasteiger partial charge in [-0.3, -0.25) is 0 Å². The first-order valence-electron chi connectivity index (χ1n) is 8.24. The molecule has 2 aromatic rings. The standard InChI is InChI=1S/C19H20O9/c20-15(9-27-13-5-1-11(2-6-13)18(23)24)17(22)16(21)10-28-14-7-3-12(4-8-14)19(25)26/h1-8,15-17,20-22H,9-10H2,(H,23,24)(H,25,26). The Morgan fingerprint density at radius 2 is 1.00 bits per heavy atom. The van der Waals surface area contributed by atoms with Crippen LogP contribution in [0.1, 0.15) is 20.7 Å². The SMILES string of the molecule is O=C(O)c1ccc(OCC(O)C(O)C(O)COc2ccc(C(=O)O)cc2)cc1. The molecule has 0 amide bonds. The van der Waals surface area contributed by atoms with Crippen LogP contribution in [0.5, 0.6) is 11.5 Å². The zero-order chi connectivity index (χ0) is 20.7. The maximum atomic E-state index is 10.8. The zero-order valence-electron chi connectivity index (χ0n) is 14.6. The lowest BCUT2D eigenvalue weighted by atomic mass is 10.1. The Bertz CT molecular complexity index is 719. The van der Waals surface area contributed by atoms with Gasteiger partial charge in [0.2, 0.25) is 0 Å². The summed E-state index contributed by atoms with van der Waals surface area (Å²) < 4.78 is 10.5. The van der Waals surface area contributed by atoms with E-state index in [4.69, 9.17) is 19.7 Å². The predicted molar refractivity (Wildman–Crippen MR) is 95.8 cm³/mol. The summed E-state index contributed by atoms with van der Waals surface area (Å²) in [5.41, 5.74) is 0.161. The molecule has 2 atom stereocenters. The monoisotopic (exact) mass is 392 g/mol. The maximum absolute atomic E-state index is 10.8. The third-order valence-corrected chi connectivity index (χ3v) is 3.83. The van der Waals surface area contributed by atoms with Gasteiger partial charge in [0, 0.05) is 0 Å². The Labute approximate surface area is 160 Å². The Balaban J connectivity index is 1.80.